The van der Waals surface area contributed by atoms with Crippen LogP contribution in [-0.2, 0) is 12.8 Å². The lowest BCUT2D eigenvalue weighted by atomic mass is 10.00. The van der Waals surface area contributed by atoms with Gasteiger partial charge in [0.15, 0.2) is 0 Å². The maximum absolute atomic E-state index is 15.0. The number of hydrogen-bond donors (Lipinski definition) is 0. The van der Waals surface area contributed by atoms with E-state index in [-0.39, 0.29) is 0 Å². The van der Waals surface area contributed by atoms with Crippen molar-refractivity contribution in [3.8, 4) is 22.4 Å². The molecule has 2 heteroatoms. The first kappa shape index (κ1) is 30.1. The predicted octanol–water partition coefficient (Wildman–Crippen LogP) is 11.5. The number of nitrogens with zero attached hydrogens (tertiary/aromatic N) is 1. The molecule has 2 aromatic carbocycles. The zero-order valence-electron chi connectivity index (χ0n) is 24.1. The second kappa shape index (κ2) is 17.9. The number of unbranched alkanes of at least 4 members (excludes halogenated alkanes) is 13. The molecule has 0 aliphatic carbocycles. The van der Waals surface area contributed by atoms with Crippen molar-refractivity contribution in [1.82, 2.24) is 4.98 Å². The average Bonchev–Trinajstić information content (AvgIpc) is 2.95. The number of halogens is 1. The summed E-state index contributed by atoms with van der Waals surface area (Å²) >= 11 is 0. The Labute approximate surface area is 232 Å². The van der Waals surface area contributed by atoms with Gasteiger partial charge in [0.2, 0.25) is 5.95 Å². The molecule has 0 spiro atoms. The lowest BCUT2D eigenvalue weighted by molar-refractivity contribution is 0.575. The van der Waals surface area contributed by atoms with Crippen molar-refractivity contribution in [2.45, 2.75) is 123 Å². The molecule has 1 aromatic heterocycles. The van der Waals surface area contributed by atoms with Crippen molar-refractivity contribution in [1.29, 1.82) is 0 Å². The Bertz CT molecular complexity index is 1020. The van der Waals surface area contributed by atoms with E-state index in [1.54, 1.807) is 0 Å². The summed E-state index contributed by atoms with van der Waals surface area (Å²) in [7, 11) is 0. The molecule has 0 fully saturated rings. The Balaban J connectivity index is 1.44. The molecule has 38 heavy (non-hydrogen) atoms. The lowest BCUT2D eigenvalue weighted by Crippen LogP contribution is -1.94. The van der Waals surface area contributed by atoms with E-state index in [9.17, 15) is 0 Å². The Morgan fingerprint density at radius 3 is 1.34 bits per heavy atom. The highest BCUT2D eigenvalue weighted by Crippen LogP contribution is 2.27. The van der Waals surface area contributed by atoms with E-state index in [0.29, 0.717) is 11.3 Å². The highest BCUT2D eigenvalue weighted by atomic mass is 19.1. The summed E-state index contributed by atoms with van der Waals surface area (Å²) in [5, 5.41) is 0. The van der Waals surface area contributed by atoms with Crippen LogP contribution in [0.5, 0.6) is 0 Å². The number of hydrogen-bond acceptors (Lipinski definition) is 1. The molecule has 0 atom stereocenters. The molecule has 206 valence electrons. The maximum atomic E-state index is 15.0. The summed E-state index contributed by atoms with van der Waals surface area (Å²) in [6, 6.07) is 20.7. The summed E-state index contributed by atoms with van der Waals surface area (Å²) < 4.78 is 15.0. The fraction of sp³-hybridized carbons (Fsp3) is 0.528. The Hall–Kier alpha value is -2.48. The molecule has 0 saturated heterocycles. The van der Waals surface area contributed by atoms with E-state index < -0.39 is 5.95 Å². The first-order chi connectivity index (χ1) is 18.7. The zero-order chi connectivity index (χ0) is 26.8. The van der Waals surface area contributed by atoms with Crippen molar-refractivity contribution >= 4 is 0 Å². The third-order valence-corrected chi connectivity index (χ3v) is 7.75. The largest absolute Gasteiger partial charge is 0.221 e. The quantitative estimate of drug-likeness (QED) is 0.114. The second-order valence-electron chi connectivity index (χ2n) is 11.0. The first-order valence-corrected chi connectivity index (χ1v) is 15.6. The normalized spacial score (nSPS) is 11.2. The minimum atomic E-state index is -0.398. The van der Waals surface area contributed by atoms with Crippen LogP contribution in [0.2, 0.25) is 0 Å². The minimum absolute atomic E-state index is 0.398. The third kappa shape index (κ3) is 10.7. The third-order valence-electron chi connectivity index (χ3n) is 7.75. The van der Waals surface area contributed by atoms with E-state index in [4.69, 9.17) is 0 Å². The molecule has 0 saturated carbocycles. The monoisotopic (exact) mass is 515 g/mol. The van der Waals surface area contributed by atoms with E-state index in [1.165, 1.54) is 107 Å². The lowest BCUT2D eigenvalue weighted by Gasteiger charge is -2.08. The number of rotatable bonds is 19. The number of aromatic nitrogens is 1. The fourth-order valence-corrected chi connectivity index (χ4v) is 5.25. The SMILES string of the molecule is CCCCCCCCCCc1ccc(-c2ccc(-c3ccc(CCCCCCCCC)cc3)c(F)n2)cc1. The van der Waals surface area contributed by atoms with Gasteiger partial charge in [0.25, 0.3) is 0 Å². The topological polar surface area (TPSA) is 12.9 Å². The predicted molar refractivity (Wildman–Crippen MR) is 163 cm³/mol. The van der Waals surface area contributed by atoms with Crippen LogP contribution in [-0.4, -0.2) is 4.98 Å². The van der Waals surface area contributed by atoms with Crippen molar-refractivity contribution < 1.29 is 4.39 Å². The van der Waals surface area contributed by atoms with Gasteiger partial charge >= 0.3 is 0 Å². The second-order valence-corrected chi connectivity index (χ2v) is 11.0. The van der Waals surface area contributed by atoms with E-state index in [1.807, 2.05) is 24.3 Å². The number of aryl methyl sites for hydroxylation is 2. The Kier molecular flexibility index (Phi) is 14.2. The summed E-state index contributed by atoms with van der Waals surface area (Å²) in [4.78, 5) is 4.31. The van der Waals surface area contributed by atoms with E-state index in [2.05, 4.69) is 55.2 Å². The van der Waals surface area contributed by atoms with Gasteiger partial charge in [0.05, 0.1) is 5.69 Å². The number of benzene rings is 2. The molecule has 0 unspecified atom stereocenters. The minimum Gasteiger partial charge on any atom is -0.219 e. The summed E-state index contributed by atoms with van der Waals surface area (Å²) in [6.45, 7) is 4.53. The summed E-state index contributed by atoms with van der Waals surface area (Å²) in [5.41, 5.74) is 5.82. The van der Waals surface area contributed by atoms with Crippen molar-refractivity contribution in [3.63, 3.8) is 0 Å². The van der Waals surface area contributed by atoms with Crippen LogP contribution in [0, 0.1) is 5.95 Å². The smallest absolute Gasteiger partial charge is 0.219 e. The molecule has 0 N–H and O–H groups in total. The molecule has 0 amide bonds. The Morgan fingerprint density at radius 2 is 0.895 bits per heavy atom. The van der Waals surface area contributed by atoms with Gasteiger partial charge in [-0.15, -0.1) is 0 Å². The standard InChI is InChI=1S/C36H50FN/c1-3-5-7-9-11-13-15-17-19-31-22-26-33(27-23-31)35-29-28-34(36(37)38-35)32-24-20-30(21-25-32)18-16-14-12-10-8-6-4-2/h20-29H,3-19H2,1-2H3. The molecule has 0 aliphatic rings. The van der Waals surface area contributed by atoms with E-state index >= 15 is 4.39 Å². The zero-order valence-corrected chi connectivity index (χ0v) is 24.1. The molecule has 0 radical (unpaired) electrons. The highest BCUT2D eigenvalue weighted by Gasteiger charge is 2.10. The summed E-state index contributed by atoms with van der Waals surface area (Å²) in [6.07, 6.45) is 22.2. The van der Waals surface area contributed by atoms with Gasteiger partial charge in [0, 0.05) is 11.1 Å². The van der Waals surface area contributed by atoms with Gasteiger partial charge in [-0.3, -0.25) is 0 Å². The molecule has 0 bridgehead atoms. The first-order valence-electron chi connectivity index (χ1n) is 15.6. The van der Waals surface area contributed by atoms with Crippen LogP contribution < -0.4 is 0 Å². The molecule has 3 rings (SSSR count). The molecule has 1 heterocycles. The molecular weight excluding hydrogens is 465 g/mol. The highest BCUT2D eigenvalue weighted by molar-refractivity contribution is 5.67. The van der Waals surface area contributed by atoms with Crippen LogP contribution in [0.4, 0.5) is 4.39 Å². The van der Waals surface area contributed by atoms with Gasteiger partial charge in [0.1, 0.15) is 0 Å². The van der Waals surface area contributed by atoms with Gasteiger partial charge < -0.3 is 0 Å². The van der Waals surface area contributed by atoms with Gasteiger partial charge in [-0.1, -0.05) is 146 Å². The van der Waals surface area contributed by atoms with Crippen LogP contribution in [0.3, 0.4) is 0 Å². The van der Waals surface area contributed by atoms with Gasteiger partial charge in [-0.25, -0.2) is 4.98 Å². The van der Waals surface area contributed by atoms with Crippen LogP contribution in [0.25, 0.3) is 22.4 Å². The molecule has 1 nitrogen and oxygen atoms in total. The average molecular weight is 516 g/mol. The molecule has 3 aromatic rings. The molecule has 0 aliphatic heterocycles. The van der Waals surface area contributed by atoms with Crippen molar-refractivity contribution in [2.24, 2.45) is 0 Å². The van der Waals surface area contributed by atoms with E-state index in [0.717, 1.165) is 24.0 Å². The maximum Gasteiger partial charge on any atom is 0.221 e. The van der Waals surface area contributed by atoms with Crippen molar-refractivity contribution in [3.05, 3.63) is 77.7 Å². The van der Waals surface area contributed by atoms with Crippen molar-refractivity contribution in [2.75, 3.05) is 0 Å². The van der Waals surface area contributed by atoms with Crippen LogP contribution >= 0.6 is 0 Å². The fourth-order valence-electron chi connectivity index (χ4n) is 5.25. The summed E-state index contributed by atoms with van der Waals surface area (Å²) in [5.74, 6) is -0.398. The van der Waals surface area contributed by atoms with Crippen LogP contribution in [0.15, 0.2) is 60.7 Å². The number of pyridine rings is 1. The van der Waals surface area contributed by atoms with Crippen LogP contribution in [0.1, 0.15) is 121 Å². The molecular formula is C36H50FN. The Morgan fingerprint density at radius 1 is 0.474 bits per heavy atom. The van der Waals surface area contributed by atoms with Gasteiger partial charge in [-0.2, -0.15) is 4.39 Å². The van der Waals surface area contributed by atoms with Gasteiger partial charge in [-0.05, 0) is 54.5 Å².